The van der Waals surface area contributed by atoms with Crippen molar-refractivity contribution in [2.24, 2.45) is 5.92 Å². The average molecular weight is 274 g/mol. The molecule has 0 unspecified atom stereocenters. The molecule has 3 rings (SSSR count). The van der Waals surface area contributed by atoms with Crippen molar-refractivity contribution in [2.45, 2.75) is 19.8 Å². The molecule has 0 radical (unpaired) electrons. The van der Waals surface area contributed by atoms with Crippen molar-refractivity contribution in [1.29, 1.82) is 0 Å². The van der Waals surface area contributed by atoms with E-state index in [0.29, 0.717) is 5.92 Å². The Morgan fingerprint density at radius 3 is 2.89 bits per heavy atom. The van der Waals surface area contributed by atoms with Gasteiger partial charge in [-0.25, -0.2) is 0 Å². The molecule has 1 amide bonds. The molecule has 3 nitrogen and oxygen atoms in total. The number of piperidine rings is 1. The van der Waals surface area contributed by atoms with E-state index in [0.717, 1.165) is 30.1 Å². The van der Waals surface area contributed by atoms with E-state index in [-0.39, 0.29) is 5.91 Å². The maximum absolute atomic E-state index is 12.6. The molecule has 4 heteroatoms. The molecule has 2 aromatic heterocycles. The third kappa shape index (κ3) is 2.45. The Kier molecular flexibility index (Phi) is 3.42. The summed E-state index contributed by atoms with van der Waals surface area (Å²) in [5, 5.41) is 2.00. The van der Waals surface area contributed by atoms with Crippen LogP contribution in [-0.4, -0.2) is 28.5 Å². The Morgan fingerprint density at radius 2 is 2.16 bits per heavy atom. The van der Waals surface area contributed by atoms with E-state index in [1.165, 1.54) is 17.8 Å². The Morgan fingerprint density at radius 1 is 1.37 bits per heavy atom. The van der Waals surface area contributed by atoms with Gasteiger partial charge in [0.2, 0.25) is 0 Å². The molecule has 1 atom stereocenters. The number of carbonyl (C=O) groups excluding carboxylic acids is 1. The summed E-state index contributed by atoms with van der Waals surface area (Å²) in [5.74, 6) is 0.804. The van der Waals surface area contributed by atoms with Crippen LogP contribution in [0.15, 0.2) is 36.0 Å². The van der Waals surface area contributed by atoms with Crippen LogP contribution in [0.25, 0.3) is 5.69 Å². The second-order valence-corrected chi connectivity index (χ2v) is 6.14. The maximum Gasteiger partial charge on any atom is 0.266 e. The largest absolute Gasteiger partial charge is 0.338 e. The quantitative estimate of drug-likeness (QED) is 0.824. The van der Waals surface area contributed by atoms with Gasteiger partial charge in [-0.15, -0.1) is 11.3 Å². The van der Waals surface area contributed by atoms with Gasteiger partial charge in [0.1, 0.15) is 4.88 Å². The van der Waals surface area contributed by atoms with Crippen LogP contribution < -0.4 is 0 Å². The number of amides is 1. The zero-order chi connectivity index (χ0) is 13.2. The lowest BCUT2D eigenvalue weighted by molar-refractivity contribution is 0.0688. The molecule has 1 aliphatic rings. The second kappa shape index (κ2) is 5.21. The van der Waals surface area contributed by atoms with Crippen molar-refractivity contribution in [3.05, 3.63) is 40.8 Å². The van der Waals surface area contributed by atoms with Gasteiger partial charge in [0, 0.05) is 25.5 Å². The molecule has 1 aliphatic heterocycles. The number of rotatable bonds is 2. The summed E-state index contributed by atoms with van der Waals surface area (Å²) in [7, 11) is 0. The van der Waals surface area contributed by atoms with Gasteiger partial charge in [-0.05, 0) is 42.3 Å². The number of likely N-dealkylation sites (tertiary alicyclic amines) is 1. The van der Waals surface area contributed by atoms with Crippen molar-refractivity contribution < 1.29 is 4.79 Å². The first kappa shape index (κ1) is 12.5. The lowest BCUT2D eigenvalue weighted by Crippen LogP contribution is -2.39. The molecule has 3 heterocycles. The zero-order valence-corrected chi connectivity index (χ0v) is 11.9. The molecule has 1 saturated heterocycles. The third-order valence-corrected chi connectivity index (χ3v) is 4.56. The molecule has 0 spiro atoms. The predicted octanol–water partition coefficient (Wildman–Crippen LogP) is 3.41. The molecular formula is C15H18N2OS. The molecular weight excluding hydrogens is 256 g/mol. The SMILES string of the molecule is C[C@@H]1CCCN(C(=O)c2sccc2-n2cccc2)C1. The number of hydrogen-bond acceptors (Lipinski definition) is 2. The Bertz CT molecular complexity index is 558. The molecule has 0 bridgehead atoms. The van der Waals surface area contributed by atoms with Crippen LogP contribution in [0.2, 0.25) is 0 Å². The molecule has 19 heavy (non-hydrogen) atoms. The minimum Gasteiger partial charge on any atom is -0.338 e. The fourth-order valence-corrected chi connectivity index (χ4v) is 3.54. The lowest BCUT2D eigenvalue weighted by atomic mass is 10.0. The van der Waals surface area contributed by atoms with Gasteiger partial charge >= 0.3 is 0 Å². The number of hydrogen-bond donors (Lipinski definition) is 0. The first-order valence-corrected chi connectivity index (χ1v) is 7.64. The van der Waals surface area contributed by atoms with E-state index in [2.05, 4.69) is 6.92 Å². The van der Waals surface area contributed by atoms with Crippen LogP contribution >= 0.6 is 11.3 Å². The van der Waals surface area contributed by atoms with Gasteiger partial charge in [-0.1, -0.05) is 6.92 Å². The molecule has 0 saturated carbocycles. The highest BCUT2D eigenvalue weighted by atomic mass is 32.1. The van der Waals surface area contributed by atoms with E-state index in [4.69, 9.17) is 0 Å². The Balaban J connectivity index is 1.86. The molecule has 100 valence electrons. The van der Waals surface area contributed by atoms with Gasteiger partial charge in [-0.3, -0.25) is 4.79 Å². The molecule has 0 aromatic carbocycles. The predicted molar refractivity (Wildman–Crippen MR) is 77.9 cm³/mol. The summed E-state index contributed by atoms with van der Waals surface area (Å²) >= 11 is 1.54. The zero-order valence-electron chi connectivity index (χ0n) is 11.1. The Hall–Kier alpha value is -1.55. The van der Waals surface area contributed by atoms with E-state index < -0.39 is 0 Å². The van der Waals surface area contributed by atoms with E-state index in [1.807, 2.05) is 45.4 Å². The topological polar surface area (TPSA) is 25.2 Å². The van der Waals surface area contributed by atoms with Gasteiger partial charge in [-0.2, -0.15) is 0 Å². The van der Waals surface area contributed by atoms with Gasteiger partial charge in [0.25, 0.3) is 5.91 Å². The van der Waals surface area contributed by atoms with Crippen molar-refractivity contribution in [3.63, 3.8) is 0 Å². The lowest BCUT2D eigenvalue weighted by Gasteiger charge is -2.30. The first-order valence-electron chi connectivity index (χ1n) is 6.76. The normalized spacial score (nSPS) is 19.6. The number of thiophene rings is 1. The van der Waals surface area contributed by atoms with Crippen molar-refractivity contribution in [2.75, 3.05) is 13.1 Å². The highest BCUT2D eigenvalue weighted by Crippen LogP contribution is 2.25. The summed E-state index contributed by atoms with van der Waals surface area (Å²) in [6.45, 7) is 4.01. The van der Waals surface area contributed by atoms with Crippen molar-refractivity contribution in [1.82, 2.24) is 9.47 Å². The van der Waals surface area contributed by atoms with Crippen molar-refractivity contribution >= 4 is 17.2 Å². The van der Waals surface area contributed by atoms with Crippen molar-refractivity contribution in [3.8, 4) is 5.69 Å². The summed E-state index contributed by atoms with van der Waals surface area (Å²) in [6.07, 6.45) is 6.32. The van der Waals surface area contributed by atoms with Crippen LogP contribution in [0, 0.1) is 5.92 Å². The van der Waals surface area contributed by atoms with E-state index in [1.54, 1.807) is 0 Å². The smallest absolute Gasteiger partial charge is 0.266 e. The van der Waals surface area contributed by atoms with Crippen LogP contribution in [0.1, 0.15) is 29.4 Å². The molecule has 0 aliphatic carbocycles. The number of aromatic nitrogens is 1. The highest BCUT2D eigenvalue weighted by Gasteiger charge is 2.24. The molecule has 2 aromatic rings. The minimum absolute atomic E-state index is 0.185. The molecule has 0 N–H and O–H groups in total. The summed E-state index contributed by atoms with van der Waals surface area (Å²) in [4.78, 5) is 15.5. The molecule has 1 fully saturated rings. The maximum atomic E-state index is 12.6. The minimum atomic E-state index is 0.185. The summed E-state index contributed by atoms with van der Waals surface area (Å²) < 4.78 is 2.01. The van der Waals surface area contributed by atoms with Gasteiger partial charge < -0.3 is 9.47 Å². The average Bonchev–Trinajstić information content (AvgIpc) is 3.08. The third-order valence-electron chi connectivity index (χ3n) is 3.67. The number of nitrogens with zero attached hydrogens (tertiary/aromatic N) is 2. The van der Waals surface area contributed by atoms with E-state index in [9.17, 15) is 4.79 Å². The fourth-order valence-electron chi connectivity index (χ4n) is 2.68. The highest BCUT2D eigenvalue weighted by molar-refractivity contribution is 7.12. The van der Waals surface area contributed by atoms with E-state index >= 15 is 0 Å². The van der Waals surface area contributed by atoms with Gasteiger partial charge in [0.05, 0.1) is 5.69 Å². The summed E-state index contributed by atoms with van der Waals surface area (Å²) in [5.41, 5.74) is 0.998. The first-order chi connectivity index (χ1) is 9.25. The van der Waals surface area contributed by atoms with Crippen LogP contribution in [0.3, 0.4) is 0 Å². The number of carbonyl (C=O) groups is 1. The standard InChI is InChI=1S/C15H18N2OS/c1-12-5-4-9-17(11-12)15(18)14-13(6-10-19-14)16-7-2-3-8-16/h2-3,6-8,10,12H,4-5,9,11H2,1H3/t12-/m1/s1. The fraction of sp³-hybridized carbons (Fsp3) is 0.400. The van der Waals surface area contributed by atoms with Crippen LogP contribution in [0.5, 0.6) is 0 Å². The van der Waals surface area contributed by atoms with Crippen LogP contribution in [-0.2, 0) is 0 Å². The second-order valence-electron chi connectivity index (χ2n) is 5.22. The van der Waals surface area contributed by atoms with Crippen LogP contribution in [0.4, 0.5) is 0 Å². The summed E-state index contributed by atoms with van der Waals surface area (Å²) in [6, 6.07) is 5.98. The van der Waals surface area contributed by atoms with Gasteiger partial charge in [0.15, 0.2) is 0 Å². The monoisotopic (exact) mass is 274 g/mol. The Labute approximate surface area is 117 Å².